The lowest BCUT2D eigenvalue weighted by atomic mass is 9.68. The molecule has 2 aliphatic carbocycles. The summed E-state index contributed by atoms with van der Waals surface area (Å²) in [5.74, 6) is 2.28. The SMILES string of the molecule is CC/C=C/C=C(/C(=O)O)C1CCC(C2CCC(CCC)CC2)CC1. The third-order valence-electron chi connectivity index (χ3n) is 6.36. The fourth-order valence-corrected chi connectivity index (χ4v) is 4.95. The summed E-state index contributed by atoms with van der Waals surface area (Å²) in [5.41, 5.74) is 0.629. The van der Waals surface area contributed by atoms with Gasteiger partial charge in [-0.05, 0) is 68.6 Å². The van der Waals surface area contributed by atoms with Crippen LogP contribution in [0.15, 0.2) is 23.8 Å². The molecule has 2 saturated carbocycles. The van der Waals surface area contributed by atoms with Crippen molar-refractivity contribution in [3.63, 3.8) is 0 Å². The number of allylic oxidation sites excluding steroid dienone is 3. The van der Waals surface area contributed by atoms with Crippen LogP contribution in [0.25, 0.3) is 0 Å². The van der Waals surface area contributed by atoms with E-state index in [0.717, 1.165) is 37.0 Å². The maximum Gasteiger partial charge on any atom is 0.331 e. The van der Waals surface area contributed by atoms with E-state index in [0.29, 0.717) is 5.57 Å². The Morgan fingerprint density at radius 1 is 0.958 bits per heavy atom. The maximum absolute atomic E-state index is 11.6. The molecule has 0 aromatic heterocycles. The second-order valence-electron chi connectivity index (χ2n) is 7.94. The van der Waals surface area contributed by atoms with Crippen LogP contribution in [0.2, 0.25) is 0 Å². The molecular formula is C22H36O2. The minimum atomic E-state index is -0.723. The molecule has 136 valence electrons. The lowest BCUT2D eigenvalue weighted by Crippen LogP contribution is -2.27. The van der Waals surface area contributed by atoms with Crippen LogP contribution < -0.4 is 0 Å². The fourth-order valence-electron chi connectivity index (χ4n) is 4.95. The van der Waals surface area contributed by atoms with Gasteiger partial charge in [-0.2, -0.15) is 0 Å². The molecular weight excluding hydrogens is 296 g/mol. The lowest BCUT2D eigenvalue weighted by molar-refractivity contribution is -0.133. The van der Waals surface area contributed by atoms with Crippen LogP contribution in [0.4, 0.5) is 0 Å². The van der Waals surface area contributed by atoms with Crippen molar-refractivity contribution in [3.8, 4) is 0 Å². The fraction of sp³-hybridized carbons (Fsp3) is 0.773. The standard InChI is InChI=1S/C22H36O2/c1-3-5-6-8-21(22(23)24)20-15-13-19(14-16-20)18-11-9-17(7-4-2)10-12-18/h5-6,8,17-20H,3-4,7,9-16H2,1-2H3,(H,23,24)/b6-5+,21-8+. The molecule has 2 rings (SSSR count). The Balaban J connectivity index is 1.83. The highest BCUT2D eigenvalue weighted by atomic mass is 16.4. The summed E-state index contributed by atoms with van der Waals surface area (Å²) in [6, 6.07) is 0. The van der Waals surface area contributed by atoms with Gasteiger partial charge in [-0.25, -0.2) is 4.79 Å². The third kappa shape index (κ3) is 5.50. The van der Waals surface area contributed by atoms with Crippen molar-refractivity contribution in [2.24, 2.45) is 23.7 Å². The first-order valence-corrected chi connectivity index (χ1v) is 10.3. The zero-order valence-corrected chi connectivity index (χ0v) is 15.7. The molecule has 0 bridgehead atoms. The normalized spacial score (nSPS) is 32.2. The molecule has 24 heavy (non-hydrogen) atoms. The molecule has 0 spiro atoms. The minimum Gasteiger partial charge on any atom is -0.478 e. The topological polar surface area (TPSA) is 37.3 Å². The molecule has 0 atom stereocenters. The van der Waals surface area contributed by atoms with Crippen LogP contribution >= 0.6 is 0 Å². The number of aliphatic carboxylic acids is 1. The van der Waals surface area contributed by atoms with Crippen molar-refractivity contribution >= 4 is 5.97 Å². The number of carboxylic acid groups (broad SMARTS) is 1. The van der Waals surface area contributed by atoms with E-state index in [1.54, 1.807) is 0 Å². The molecule has 2 aliphatic rings. The van der Waals surface area contributed by atoms with E-state index >= 15 is 0 Å². The van der Waals surface area contributed by atoms with Crippen molar-refractivity contribution in [2.45, 2.75) is 84.5 Å². The van der Waals surface area contributed by atoms with E-state index in [1.165, 1.54) is 51.4 Å². The zero-order chi connectivity index (χ0) is 17.4. The van der Waals surface area contributed by atoms with Gasteiger partial charge in [-0.1, -0.05) is 57.8 Å². The van der Waals surface area contributed by atoms with E-state index in [1.807, 2.05) is 18.2 Å². The van der Waals surface area contributed by atoms with Crippen LogP contribution in [0, 0.1) is 23.7 Å². The predicted octanol–water partition coefficient (Wildman–Crippen LogP) is 6.38. The van der Waals surface area contributed by atoms with Gasteiger partial charge >= 0.3 is 5.97 Å². The van der Waals surface area contributed by atoms with Gasteiger partial charge in [0.25, 0.3) is 0 Å². The van der Waals surface area contributed by atoms with Crippen molar-refractivity contribution in [2.75, 3.05) is 0 Å². The summed E-state index contributed by atoms with van der Waals surface area (Å²) < 4.78 is 0. The lowest BCUT2D eigenvalue weighted by Gasteiger charge is -2.38. The number of hydrogen-bond acceptors (Lipinski definition) is 1. The summed E-state index contributed by atoms with van der Waals surface area (Å²) in [4.78, 5) is 11.6. The molecule has 2 heteroatoms. The van der Waals surface area contributed by atoms with Crippen LogP contribution in [0.5, 0.6) is 0 Å². The number of rotatable bonds is 7. The first-order valence-electron chi connectivity index (χ1n) is 10.3. The summed E-state index contributed by atoms with van der Waals surface area (Å²) >= 11 is 0. The molecule has 1 N–H and O–H groups in total. The maximum atomic E-state index is 11.6. The van der Waals surface area contributed by atoms with Gasteiger partial charge in [0.05, 0.1) is 0 Å². The van der Waals surface area contributed by atoms with Crippen molar-refractivity contribution < 1.29 is 9.90 Å². The average Bonchev–Trinajstić information content (AvgIpc) is 2.60. The molecule has 0 amide bonds. The Hall–Kier alpha value is -1.05. The van der Waals surface area contributed by atoms with Gasteiger partial charge in [0.15, 0.2) is 0 Å². The predicted molar refractivity (Wildman–Crippen MR) is 101 cm³/mol. The number of carbonyl (C=O) groups is 1. The second kappa shape index (κ2) is 10.1. The first kappa shape index (κ1) is 19.3. The second-order valence-corrected chi connectivity index (χ2v) is 7.94. The van der Waals surface area contributed by atoms with E-state index < -0.39 is 5.97 Å². The van der Waals surface area contributed by atoms with Crippen LogP contribution in [0.1, 0.15) is 84.5 Å². The Labute approximate surface area is 148 Å². The van der Waals surface area contributed by atoms with Crippen LogP contribution in [0.3, 0.4) is 0 Å². The van der Waals surface area contributed by atoms with Gasteiger partial charge in [0.1, 0.15) is 0 Å². The van der Waals surface area contributed by atoms with Crippen LogP contribution in [-0.4, -0.2) is 11.1 Å². The summed E-state index contributed by atoms with van der Waals surface area (Å²) in [7, 11) is 0. The van der Waals surface area contributed by atoms with Crippen molar-refractivity contribution in [1.29, 1.82) is 0 Å². The third-order valence-corrected chi connectivity index (χ3v) is 6.36. The van der Waals surface area contributed by atoms with E-state index in [4.69, 9.17) is 0 Å². The molecule has 0 heterocycles. The quantitative estimate of drug-likeness (QED) is 0.434. The average molecular weight is 333 g/mol. The Morgan fingerprint density at radius 3 is 2.04 bits per heavy atom. The Bertz CT molecular complexity index is 433. The van der Waals surface area contributed by atoms with E-state index in [-0.39, 0.29) is 5.92 Å². The highest BCUT2D eigenvalue weighted by Gasteiger charge is 2.32. The molecule has 0 radical (unpaired) electrons. The molecule has 0 aromatic rings. The number of hydrogen-bond donors (Lipinski definition) is 1. The minimum absolute atomic E-state index is 0.261. The smallest absolute Gasteiger partial charge is 0.331 e. The molecule has 2 fully saturated rings. The summed E-state index contributed by atoms with van der Waals surface area (Å²) in [6.45, 7) is 4.38. The van der Waals surface area contributed by atoms with Crippen molar-refractivity contribution in [3.05, 3.63) is 23.8 Å². The van der Waals surface area contributed by atoms with Gasteiger partial charge < -0.3 is 5.11 Å². The molecule has 0 aromatic carbocycles. The van der Waals surface area contributed by atoms with Crippen molar-refractivity contribution in [1.82, 2.24) is 0 Å². The van der Waals surface area contributed by atoms with E-state index in [9.17, 15) is 9.90 Å². The van der Waals surface area contributed by atoms with Gasteiger partial charge in [0.2, 0.25) is 0 Å². The monoisotopic (exact) mass is 332 g/mol. The number of carboxylic acids is 1. The van der Waals surface area contributed by atoms with Gasteiger partial charge in [-0.3, -0.25) is 0 Å². The highest BCUT2D eigenvalue weighted by Crippen LogP contribution is 2.43. The highest BCUT2D eigenvalue weighted by molar-refractivity contribution is 5.87. The zero-order valence-electron chi connectivity index (χ0n) is 15.7. The van der Waals surface area contributed by atoms with Gasteiger partial charge in [-0.15, -0.1) is 0 Å². The Kier molecular flexibility index (Phi) is 8.08. The van der Waals surface area contributed by atoms with E-state index in [2.05, 4.69) is 13.8 Å². The summed E-state index contributed by atoms with van der Waals surface area (Å²) in [6.07, 6.45) is 19.8. The molecule has 0 unspecified atom stereocenters. The molecule has 0 saturated heterocycles. The first-order chi connectivity index (χ1) is 11.7. The van der Waals surface area contributed by atoms with Gasteiger partial charge in [0, 0.05) is 5.57 Å². The summed E-state index contributed by atoms with van der Waals surface area (Å²) in [5, 5.41) is 9.52. The molecule has 0 aliphatic heterocycles. The molecule has 2 nitrogen and oxygen atoms in total. The largest absolute Gasteiger partial charge is 0.478 e. The van der Waals surface area contributed by atoms with Crippen LogP contribution in [-0.2, 0) is 4.79 Å². The Morgan fingerprint density at radius 2 is 1.54 bits per heavy atom.